The highest BCUT2D eigenvalue weighted by Crippen LogP contribution is 2.28. The first-order valence-corrected chi connectivity index (χ1v) is 8.98. The van der Waals surface area contributed by atoms with Crippen LogP contribution in [0.25, 0.3) is 0 Å². The van der Waals surface area contributed by atoms with Crippen LogP contribution < -0.4 is 10.0 Å². The number of sulfonamides is 1. The van der Waals surface area contributed by atoms with Crippen LogP contribution in [-0.4, -0.2) is 62.4 Å². The highest BCUT2D eigenvalue weighted by atomic mass is 32.2. The molecule has 0 aliphatic carbocycles. The number of likely N-dealkylation sites (N-methyl/N-ethyl adjacent to an activating group) is 1. The van der Waals surface area contributed by atoms with Crippen molar-refractivity contribution in [3.05, 3.63) is 12.4 Å². The molecule has 3 aliphatic heterocycles. The Balaban J connectivity index is 1.67. The van der Waals surface area contributed by atoms with Crippen LogP contribution in [0.5, 0.6) is 0 Å². The van der Waals surface area contributed by atoms with E-state index in [4.69, 9.17) is 0 Å². The Kier molecular flexibility index (Phi) is 4.30. The third kappa shape index (κ3) is 3.28. The van der Waals surface area contributed by atoms with Crippen molar-refractivity contribution in [3.8, 4) is 0 Å². The topological polar surface area (TPSA) is 79.3 Å². The highest BCUT2D eigenvalue weighted by molar-refractivity contribution is 7.89. The molecule has 1 atom stereocenters. The smallest absolute Gasteiger partial charge is 0.243 e. The minimum absolute atomic E-state index is 0.0400. The molecule has 0 radical (unpaired) electrons. The minimum Gasteiger partial charge on any atom is -0.318 e. The lowest BCUT2D eigenvalue weighted by Crippen LogP contribution is -2.57. The summed E-state index contributed by atoms with van der Waals surface area (Å²) in [5, 5.41) is 7.12. The Hall–Kier alpha value is -0.960. The van der Waals surface area contributed by atoms with Crippen molar-refractivity contribution >= 4 is 10.0 Å². The Morgan fingerprint density at radius 1 is 1.38 bits per heavy atom. The Morgan fingerprint density at radius 2 is 2.14 bits per heavy atom. The zero-order valence-electron chi connectivity index (χ0n) is 12.3. The van der Waals surface area contributed by atoms with E-state index < -0.39 is 10.0 Å². The molecule has 4 heterocycles. The van der Waals surface area contributed by atoms with Gasteiger partial charge >= 0.3 is 0 Å². The number of piperidine rings is 3. The summed E-state index contributed by atoms with van der Waals surface area (Å²) in [5.74, 6) is 0.476. The van der Waals surface area contributed by atoms with E-state index in [2.05, 4.69) is 20.0 Å². The summed E-state index contributed by atoms with van der Waals surface area (Å²) in [7, 11) is -1.61. The van der Waals surface area contributed by atoms with E-state index in [-0.39, 0.29) is 10.9 Å². The van der Waals surface area contributed by atoms with Gasteiger partial charge in [-0.1, -0.05) is 0 Å². The summed E-state index contributed by atoms with van der Waals surface area (Å²) in [6, 6.07) is 0.0400. The van der Waals surface area contributed by atoms with Crippen LogP contribution in [0.2, 0.25) is 0 Å². The maximum Gasteiger partial charge on any atom is 0.243 e. The van der Waals surface area contributed by atoms with Gasteiger partial charge in [0.2, 0.25) is 10.0 Å². The van der Waals surface area contributed by atoms with Gasteiger partial charge in [-0.2, -0.15) is 5.10 Å². The van der Waals surface area contributed by atoms with E-state index in [0.29, 0.717) is 12.5 Å². The van der Waals surface area contributed by atoms with Crippen molar-refractivity contribution in [2.75, 3.05) is 33.2 Å². The van der Waals surface area contributed by atoms with Crippen LogP contribution in [0.1, 0.15) is 12.8 Å². The lowest BCUT2D eigenvalue weighted by molar-refractivity contribution is 0.0827. The molecule has 3 fully saturated rings. The summed E-state index contributed by atoms with van der Waals surface area (Å²) >= 11 is 0. The Morgan fingerprint density at radius 3 is 2.76 bits per heavy atom. The van der Waals surface area contributed by atoms with E-state index >= 15 is 0 Å². The first-order chi connectivity index (χ1) is 10.1. The van der Waals surface area contributed by atoms with Crippen molar-refractivity contribution in [1.29, 1.82) is 0 Å². The molecule has 7 nitrogen and oxygen atoms in total. The average molecular weight is 313 g/mol. The molecule has 2 bridgehead atoms. The zero-order chi connectivity index (χ0) is 14.9. The summed E-state index contributed by atoms with van der Waals surface area (Å²) in [4.78, 5) is 2.60. The highest BCUT2D eigenvalue weighted by Gasteiger charge is 2.36. The SMILES string of the molecule is CNCCn1cc(S(=O)(=O)NC2CN3CCC2CC3)cn1. The number of nitrogens with zero attached hydrogens (tertiary/aromatic N) is 3. The largest absolute Gasteiger partial charge is 0.318 e. The molecule has 0 saturated carbocycles. The standard InChI is InChI=1S/C13H23N5O2S/c1-14-4-7-18-9-12(8-15-18)21(19,20)16-13-10-17-5-2-11(13)3-6-17/h8-9,11,13-14,16H,2-7,10H2,1H3. The molecule has 3 saturated heterocycles. The van der Waals surface area contributed by atoms with E-state index in [1.165, 1.54) is 6.20 Å². The maximum absolute atomic E-state index is 12.5. The predicted octanol–water partition coefficient (Wildman–Crippen LogP) is -0.525. The second kappa shape index (κ2) is 6.04. The minimum atomic E-state index is -3.47. The third-order valence-electron chi connectivity index (χ3n) is 4.47. The molecule has 0 aromatic carbocycles. The Bertz CT molecular complexity index is 577. The molecular weight excluding hydrogens is 290 g/mol. The zero-order valence-corrected chi connectivity index (χ0v) is 13.1. The molecule has 1 aromatic rings. The molecule has 1 unspecified atom stereocenters. The third-order valence-corrected chi connectivity index (χ3v) is 5.92. The van der Waals surface area contributed by atoms with Gasteiger partial charge in [0.15, 0.2) is 0 Å². The predicted molar refractivity (Wildman–Crippen MR) is 79.4 cm³/mol. The van der Waals surface area contributed by atoms with Gasteiger partial charge in [0, 0.05) is 25.3 Å². The summed E-state index contributed by atoms with van der Waals surface area (Å²) in [5.41, 5.74) is 0. The number of nitrogens with one attached hydrogen (secondary N) is 2. The van der Waals surface area contributed by atoms with Gasteiger partial charge in [-0.25, -0.2) is 13.1 Å². The normalized spacial score (nSPS) is 28.9. The van der Waals surface area contributed by atoms with Crippen molar-refractivity contribution in [1.82, 2.24) is 24.7 Å². The van der Waals surface area contributed by atoms with Crippen molar-refractivity contribution in [3.63, 3.8) is 0 Å². The molecule has 2 N–H and O–H groups in total. The van der Waals surface area contributed by atoms with E-state index in [1.54, 1.807) is 10.9 Å². The van der Waals surface area contributed by atoms with Gasteiger partial charge in [-0.15, -0.1) is 0 Å². The second-order valence-electron chi connectivity index (χ2n) is 5.91. The summed E-state index contributed by atoms with van der Waals surface area (Å²) < 4.78 is 29.5. The molecule has 21 heavy (non-hydrogen) atoms. The monoisotopic (exact) mass is 313 g/mol. The van der Waals surface area contributed by atoms with Gasteiger partial charge in [-0.3, -0.25) is 4.68 Å². The van der Waals surface area contributed by atoms with Crippen molar-refractivity contribution in [2.45, 2.75) is 30.3 Å². The number of hydrogen-bond donors (Lipinski definition) is 2. The van der Waals surface area contributed by atoms with Crippen molar-refractivity contribution < 1.29 is 8.42 Å². The van der Waals surface area contributed by atoms with Crippen LogP contribution >= 0.6 is 0 Å². The number of aromatic nitrogens is 2. The number of rotatable bonds is 6. The van der Waals surface area contributed by atoms with Gasteiger partial charge in [0.1, 0.15) is 4.90 Å². The second-order valence-corrected chi connectivity index (χ2v) is 7.62. The summed E-state index contributed by atoms with van der Waals surface area (Å²) in [6.07, 6.45) is 5.21. The molecular formula is C13H23N5O2S. The summed E-state index contributed by atoms with van der Waals surface area (Å²) in [6.45, 7) is 4.45. The molecule has 3 aliphatic rings. The van der Waals surface area contributed by atoms with Gasteiger partial charge in [-0.05, 0) is 38.9 Å². The molecule has 4 rings (SSSR count). The van der Waals surface area contributed by atoms with Crippen LogP contribution in [-0.2, 0) is 16.6 Å². The fraction of sp³-hybridized carbons (Fsp3) is 0.769. The van der Waals surface area contributed by atoms with Gasteiger partial charge in [0.25, 0.3) is 0 Å². The first kappa shape index (κ1) is 15.0. The van der Waals surface area contributed by atoms with Crippen LogP contribution in [0, 0.1) is 5.92 Å². The quantitative estimate of drug-likeness (QED) is 0.738. The lowest BCUT2D eigenvalue weighted by atomic mass is 9.85. The fourth-order valence-corrected chi connectivity index (χ4v) is 4.45. The van der Waals surface area contributed by atoms with Gasteiger partial charge in [0.05, 0.1) is 12.7 Å². The van der Waals surface area contributed by atoms with Crippen LogP contribution in [0.15, 0.2) is 17.3 Å². The molecule has 8 heteroatoms. The average Bonchev–Trinajstić information content (AvgIpc) is 2.96. The van der Waals surface area contributed by atoms with Crippen LogP contribution in [0.3, 0.4) is 0 Å². The van der Waals surface area contributed by atoms with E-state index in [1.807, 2.05) is 7.05 Å². The van der Waals surface area contributed by atoms with Crippen molar-refractivity contribution in [2.24, 2.45) is 5.92 Å². The fourth-order valence-electron chi connectivity index (χ4n) is 3.20. The first-order valence-electron chi connectivity index (χ1n) is 7.50. The molecule has 0 amide bonds. The lowest BCUT2D eigenvalue weighted by Gasteiger charge is -2.44. The molecule has 0 spiro atoms. The maximum atomic E-state index is 12.5. The van der Waals surface area contributed by atoms with E-state index in [0.717, 1.165) is 39.0 Å². The number of hydrogen-bond acceptors (Lipinski definition) is 5. The van der Waals surface area contributed by atoms with Crippen LogP contribution in [0.4, 0.5) is 0 Å². The van der Waals surface area contributed by atoms with Gasteiger partial charge < -0.3 is 10.2 Å². The molecule has 118 valence electrons. The van der Waals surface area contributed by atoms with E-state index in [9.17, 15) is 8.42 Å². The number of fused-ring (bicyclic) bond motifs is 3. The molecule has 1 aromatic heterocycles. The Labute approximate surface area is 125 Å².